The number of halogens is 4. The van der Waals surface area contributed by atoms with Crippen molar-refractivity contribution in [2.75, 3.05) is 32.6 Å². The fourth-order valence-electron chi connectivity index (χ4n) is 2.21. The Balaban J connectivity index is 0.00000364. The highest BCUT2D eigenvalue weighted by Gasteiger charge is 2.33. The molecule has 0 bridgehead atoms. The molecule has 0 aliphatic heterocycles. The predicted octanol–water partition coefficient (Wildman–Crippen LogP) is 3.15. The van der Waals surface area contributed by atoms with Crippen LogP contribution in [-0.4, -0.2) is 43.6 Å². The summed E-state index contributed by atoms with van der Waals surface area (Å²) in [7, 11) is 5.47. The Labute approximate surface area is 177 Å². The zero-order chi connectivity index (χ0) is 19.2. The molecular formula is C16H22F3IN6S. The molecule has 27 heavy (non-hydrogen) atoms. The minimum atomic E-state index is -4.40. The molecule has 0 atom stereocenters. The summed E-state index contributed by atoms with van der Waals surface area (Å²) in [6.45, 7) is 0.953. The van der Waals surface area contributed by atoms with E-state index in [2.05, 4.69) is 25.6 Å². The SMILES string of the molecule is CN=C(NCCc1nc(C(F)(F)F)cs1)NCc1cccnc1N(C)C.I. The van der Waals surface area contributed by atoms with Crippen LogP contribution in [0.5, 0.6) is 0 Å². The van der Waals surface area contributed by atoms with E-state index in [-0.39, 0.29) is 24.0 Å². The summed E-state index contributed by atoms with van der Waals surface area (Å²) in [6.07, 6.45) is -2.28. The predicted molar refractivity (Wildman–Crippen MR) is 113 cm³/mol. The zero-order valence-electron chi connectivity index (χ0n) is 15.2. The van der Waals surface area contributed by atoms with Gasteiger partial charge in [-0.15, -0.1) is 35.3 Å². The van der Waals surface area contributed by atoms with Gasteiger partial charge < -0.3 is 15.5 Å². The summed E-state index contributed by atoms with van der Waals surface area (Å²) in [5, 5.41) is 7.72. The average Bonchev–Trinajstić information content (AvgIpc) is 3.07. The lowest BCUT2D eigenvalue weighted by Crippen LogP contribution is -2.38. The standard InChI is InChI=1S/C16H21F3N6S.HI/c1-20-15(23-9-11-5-4-7-21-14(11)25(2)3)22-8-6-13-24-12(10-26-13)16(17,18)19;/h4-5,7,10H,6,8-9H2,1-3H3,(H2,20,22,23);1H. The quantitative estimate of drug-likeness (QED) is 0.353. The normalized spacial score (nSPS) is 11.7. The minimum Gasteiger partial charge on any atom is -0.362 e. The number of pyridine rings is 1. The Kier molecular flexibility index (Phi) is 9.22. The zero-order valence-corrected chi connectivity index (χ0v) is 18.3. The van der Waals surface area contributed by atoms with Gasteiger partial charge >= 0.3 is 6.18 Å². The number of guanidine groups is 1. The van der Waals surface area contributed by atoms with Gasteiger partial charge in [-0.05, 0) is 6.07 Å². The van der Waals surface area contributed by atoms with E-state index in [4.69, 9.17) is 0 Å². The number of hydrogen-bond donors (Lipinski definition) is 2. The van der Waals surface area contributed by atoms with E-state index in [1.807, 2.05) is 31.1 Å². The Morgan fingerprint density at radius 2 is 2.04 bits per heavy atom. The molecule has 0 radical (unpaired) electrons. The van der Waals surface area contributed by atoms with Crippen molar-refractivity contribution >= 4 is 47.1 Å². The first-order chi connectivity index (χ1) is 12.3. The molecule has 0 fully saturated rings. The van der Waals surface area contributed by atoms with Crippen molar-refractivity contribution < 1.29 is 13.2 Å². The molecule has 0 saturated heterocycles. The van der Waals surface area contributed by atoms with Crippen molar-refractivity contribution in [2.24, 2.45) is 4.99 Å². The summed E-state index contributed by atoms with van der Waals surface area (Å²) in [6, 6.07) is 3.83. The molecule has 0 aliphatic rings. The average molecular weight is 514 g/mol. The van der Waals surface area contributed by atoms with Crippen LogP contribution in [-0.2, 0) is 19.1 Å². The van der Waals surface area contributed by atoms with Gasteiger partial charge in [0.15, 0.2) is 11.7 Å². The second kappa shape index (κ2) is 10.6. The van der Waals surface area contributed by atoms with Crippen molar-refractivity contribution in [3.05, 3.63) is 40.0 Å². The van der Waals surface area contributed by atoms with Crippen LogP contribution in [0.1, 0.15) is 16.3 Å². The molecular weight excluding hydrogens is 492 g/mol. The lowest BCUT2D eigenvalue weighted by molar-refractivity contribution is -0.140. The van der Waals surface area contributed by atoms with Crippen molar-refractivity contribution in [1.82, 2.24) is 20.6 Å². The summed E-state index contributed by atoms with van der Waals surface area (Å²) in [5.41, 5.74) is 0.169. The van der Waals surface area contributed by atoms with Crippen molar-refractivity contribution in [3.8, 4) is 0 Å². The maximum atomic E-state index is 12.5. The first kappa shape index (κ1) is 23.4. The lowest BCUT2D eigenvalue weighted by atomic mass is 10.2. The molecule has 150 valence electrons. The Morgan fingerprint density at radius 3 is 2.63 bits per heavy atom. The number of hydrogen-bond acceptors (Lipinski definition) is 5. The highest BCUT2D eigenvalue weighted by molar-refractivity contribution is 14.0. The molecule has 6 nitrogen and oxygen atoms in total. The number of nitrogens with zero attached hydrogens (tertiary/aromatic N) is 4. The molecule has 2 N–H and O–H groups in total. The fraction of sp³-hybridized carbons (Fsp3) is 0.438. The summed E-state index contributed by atoms with van der Waals surface area (Å²) >= 11 is 1.01. The van der Waals surface area contributed by atoms with Gasteiger partial charge in [-0.25, -0.2) is 9.97 Å². The summed E-state index contributed by atoms with van der Waals surface area (Å²) < 4.78 is 37.6. The third-order valence-electron chi connectivity index (χ3n) is 3.43. The molecule has 0 amide bonds. The van der Waals surface area contributed by atoms with Crippen LogP contribution in [0.25, 0.3) is 0 Å². The molecule has 2 aromatic heterocycles. The molecule has 0 aliphatic carbocycles. The third-order valence-corrected chi connectivity index (χ3v) is 4.34. The molecule has 2 aromatic rings. The molecule has 2 heterocycles. The van der Waals surface area contributed by atoms with E-state index in [0.29, 0.717) is 30.5 Å². The van der Waals surface area contributed by atoms with Crippen molar-refractivity contribution in [3.63, 3.8) is 0 Å². The maximum Gasteiger partial charge on any atom is 0.434 e. The number of nitrogens with one attached hydrogen (secondary N) is 2. The highest BCUT2D eigenvalue weighted by atomic mass is 127. The van der Waals surface area contributed by atoms with Crippen LogP contribution >= 0.6 is 35.3 Å². The van der Waals surface area contributed by atoms with E-state index in [0.717, 1.165) is 28.1 Å². The maximum absolute atomic E-state index is 12.5. The molecule has 0 spiro atoms. The van der Waals surface area contributed by atoms with Gasteiger partial charge in [-0.2, -0.15) is 13.2 Å². The van der Waals surface area contributed by atoms with E-state index >= 15 is 0 Å². The van der Waals surface area contributed by atoms with E-state index < -0.39 is 11.9 Å². The lowest BCUT2D eigenvalue weighted by Gasteiger charge is -2.17. The van der Waals surface area contributed by atoms with Crippen LogP contribution in [0.15, 0.2) is 28.7 Å². The molecule has 0 saturated carbocycles. The number of thiazole rings is 1. The number of aromatic nitrogens is 2. The van der Waals surface area contributed by atoms with Gasteiger partial charge in [0.2, 0.25) is 0 Å². The van der Waals surface area contributed by atoms with Gasteiger partial charge in [-0.3, -0.25) is 4.99 Å². The number of alkyl halides is 3. The van der Waals surface area contributed by atoms with Gasteiger partial charge in [0.1, 0.15) is 5.82 Å². The number of aliphatic imine (C=N–C) groups is 1. The van der Waals surface area contributed by atoms with Crippen LogP contribution in [0, 0.1) is 0 Å². The summed E-state index contributed by atoms with van der Waals surface area (Å²) in [4.78, 5) is 14.0. The fourth-order valence-corrected chi connectivity index (χ4v) is 3.02. The number of rotatable bonds is 6. The van der Waals surface area contributed by atoms with Gasteiger partial charge in [0.05, 0.1) is 5.01 Å². The third kappa shape index (κ3) is 7.13. The highest BCUT2D eigenvalue weighted by Crippen LogP contribution is 2.29. The van der Waals surface area contributed by atoms with Crippen molar-refractivity contribution in [2.45, 2.75) is 19.1 Å². The second-order valence-electron chi connectivity index (χ2n) is 5.61. The van der Waals surface area contributed by atoms with Crippen LogP contribution in [0.4, 0.5) is 19.0 Å². The monoisotopic (exact) mass is 514 g/mol. The Hall–Kier alpha value is -1.63. The van der Waals surface area contributed by atoms with E-state index in [1.165, 1.54) is 0 Å². The molecule has 0 aromatic carbocycles. The second-order valence-corrected chi connectivity index (χ2v) is 6.55. The smallest absolute Gasteiger partial charge is 0.362 e. The van der Waals surface area contributed by atoms with E-state index in [1.54, 1.807) is 13.2 Å². The Bertz CT molecular complexity index is 748. The van der Waals surface area contributed by atoms with Crippen molar-refractivity contribution in [1.29, 1.82) is 0 Å². The van der Waals surface area contributed by atoms with E-state index in [9.17, 15) is 13.2 Å². The Morgan fingerprint density at radius 1 is 1.30 bits per heavy atom. The topological polar surface area (TPSA) is 65.4 Å². The number of anilines is 1. The molecule has 2 rings (SSSR count). The van der Waals surface area contributed by atoms with Crippen LogP contribution in [0.2, 0.25) is 0 Å². The van der Waals surface area contributed by atoms with Gasteiger partial charge in [0.25, 0.3) is 0 Å². The minimum absolute atomic E-state index is 0. The summed E-state index contributed by atoms with van der Waals surface area (Å²) in [5.74, 6) is 1.42. The van der Waals surface area contributed by atoms with Crippen LogP contribution < -0.4 is 15.5 Å². The van der Waals surface area contributed by atoms with Crippen LogP contribution in [0.3, 0.4) is 0 Å². The first-order valence-electron chi connectivity index (χ1n) is 7.88. The van der Waals surface area contributed by atoms with Gasteiger partial charge in [0, 0.05) is 57.8 Å². The molecule has 0 unspecified atom stereocenters. The molecule has 11 heteroatoms. The first-order valence-corrected chi connectivity index (χ1v) is 8.76. The van der Waals surface area contributed by atoms with Gasteiger partial charge in [-0.1, -0.05) is 6.07 Å². The largest absolute Gasteiger partial charge is 0.434 e.